The summed E-state index contributed by atoms with van der Waals surface area (Å²) in [5.41, 5.74) is 3.86. The highest BCUT2D eigenvalue weighted by Gasteiger charge is 2.16. The molecule has 1 heterocycles. The van der Waals surface area contributed by atoms with Crippen molar-refractivity contribution in [3.05, 3.63) is 47.3 Å². The van der Waals surface area contributed by atoms with Crippen LogP contribution < -0.4 is 5.32 Å². The van der Waals surface area contributed by atoms with E-state index in [2.05, 4.69) is 72.7 Å². The third kappa shape index (κ3) is 4.39. The van der Waals surface area contributed by atoms with Gasteiger partial charge < -0.3 is 5.32 Å². The van der Waals surface area contributed by atoms with Crippen molar-refractivity contribution in [2.45, 2.75) is 52.0 Å². The van der Waals surface area contributed by atoms with Crippen LogP contribution in [0.15, 0.2) is 30.5 Å². The van der Waals surface area contributed by atoms with E-state index in [9.17, 15) is 0 Å². The second-order valence-corrected chi connectivity index (χ2v) is 6.55. The molecule has 0 fully saturated rings. The Kier molecular flexibility index (Phi) is 5.12. The molecular formula is C17H26N4. The fourth-order valence-corrected chi connectivity index (χ4v) is 2.35. The van der Waals surface area contributed by atoms with Gasteiger partial charge in [0.25, 0.3) is 0 Å². The molecule has 1 atom stereocenters. The second-order valence-electron chi connectivity index (χ2n) is 6.55. The van der Waals surface area contributed by atoms with E-state index >= 15 is 0 Å². The van der Waals surface area contributed by atoms with Crippen LogP contribution in [0.3, 0.4) is 0 Å². The van der Waals surface area contributed by atoms with E-state index in [0.29, 0.717) is 0 Å². The van der Waals surface area contributed by atoms with E-state index in [1.165, 1.54) is 11.1 Å². The van der Waals surface area contributed by atoms with E-state index in [4.69, 9.17) is 0 Å². The lowest BCUT2D eigenvalue weighted by Crippen LogP contribution is -2.24. The van der Waals surface area contributed by atoms with Crippen molar-refractivity contribution in [2.75, 3.05) is 6.54 Å². The normalized spacial score (nSPS) is 13.3. The molecule has 2 aromatic rings. The zero-order valence-corrected chi connectivity index (χ0v) is 13.5. The third-order valence-electron chi connectivity index (χ3n) is 3.69. The lowest BCUT2D eigenvalue weighted by molar-refractivity contribution is 0.516. The predicted octanol–water partition coefficient (Wildman–Crippen LogP) is 3.39. The number of rotatable bonds is 6. The molecule has 0 bridgehead atoms. The van der Waals surface area contributed by atoms with Crippen molar-refractivity contribution in [1.29, 1.82) is 0 Å². The van der Waals surface area contributed by atoms with Gasteiger partial charge in [-0.3, -0.25) is 0 Å². The minimum atomic E-state index is 0.199. The average Bonchev–Trinajstić information content (AvgIpc) is 2.97. The van der Waals surface area contributed by atoms with Gasteiger partial charge in [-0.15, -0.1) is 0 Å². The number of nitrogens with one attached hydrogen (secondary N) is 2. The fourth-order valence-electron chi connectivity index (χ4n) is 2.35. The molecule has 1 aromatic carbocycles. The summed E-state index contributed by atoms with van der Waals surface area (Å²) in [6, 6.07) is 9.12. The van der Waals surface area contributed by atoms with Gasteiger partial charge >= 0.3 is 0 Å². The number of nitrogens with zero attached hydrogens (tertiary/aromatic N) is 2. The van der Waals surface area contributed by atoms with Gasteiger partial charge in [0.1, 0.15) is 0 Å². The topological polar surface area (TPSA) is 53.6 Å². The smallest absolute Gasteiger partial charge is 0.0997 e. The number of aromatic amines is 1. The van der Waals surface area contributed by atoms with Gasteiger partial charge in [0.2, 0.25) is 0 Å². The molecule has 4 heteroatoms. The summed E-state index contributed by atoms with van der Waals surface area (Å²) in [5, 5.41) is 14.4. The Morgan fingerprint density at radius 3 is 2.43 bits per heavy atom. The second kappa shape index (κ2) is 6.85. The molecule has 1 aromatic heterocycles. The van der Waals surface area contributed by atoms with Gasteiger partial charge in [0.05, 0.1) is 17.9 Å². The predicted molar refractivity (Wildman–Crippen MR) is 86.3 cm³/mol. The van der Waals surface area contributed by atoms with Crippen molar-refractivity contribution < 1.29 is 0 Å². The molecule has 2 rings (SSSR count). The summed E-state index contributed by atoms with van der Waals surface area (Å²) in [6.45, 7) is 9.87. The lowest BCUT2D eigenvalue weighted by Gasteiger charge is -2.20. The number of hydrogen-bond donors (Lipinski definition) is 2. The van der Waals surface area contributed by atoms with E-state index < -0.39 is 0 Å². The lowest BCUT2D eigenvalue weighted by atomic mass is 9.86. The number of hydrogen-bond acceptors (Lipinski definition) is 3. The van der Waals surface area contributed by atoms with Gasteiger partial charge in [0.15, 0.2) is 0 Å². The summed E-state index contributed by atoms with van der Waals surface area (Å²) >= 11 is 0. The quantitative estimate of drug-likeness (QED) is 0.856. The summed E-state index contributed by atoms with van der Waals surface area (Å²) < 4.78 is 0. The Morgan fingerprint density at radius 1 is 1.19 bits per heavy atom. The first-order chi connectivity index (χ1) is 10.0. The standard InChI is InChI=1S/C17H26N4/c1-5-10-18-15(16-12-19-21-20-16)11-13-6-8-14(9-7-13)17(2,3)4/h6-9,12,15,18H,5,10-11H2,1-4H3,(H,19,20,21). The van der Waals surface area contributed by atoms with Crippen LogP contribution in [0.25, 0.3) is 0 Å². The highest BCUT2D eigenvalue weighted by atomic mass is 15.3. The van der Waals surface area contributed by atoms with Crippen LogP contribution in [0, 0.1) is 0 Å². The van der Waals surface area contributed by atoms with Crippen molar-refractivity contribution >= 4 is 0 Å². The third-order valence-corrected chi connectivity index (χ3v) is 3.69. The van der Waals surface area contributed by atoms with Crippen LogP contribution in [-0.4, -0.2) is 22.0 Å². The molecule has 0 radical (unpaired) electrons. The molecule has 0 aliphatic heterocycles. The van der Waals surface area contributed by atoms with Crippen LogP contribution in [-0.2, 0) is 11.8 Å². The summed E-state index contributed by atoms with van der Waals surface area (Å²) in [5.74, 6) is 0. The maximum absolute atomic E-state index is 4.22. The minimum absolute atomic E-state index is 0.199. The Labute approximate surface area is 127 Å². The molecule has 0 aliphatic carbocycles. The zero-order chi connectivity index (χ0) is 15.3. The zero-order valence-electron chi connectivity index (χ0n) is 13.5. The van der Waals surface area contributed by atoms with Crippen LogP contribution in [0.5, 0.6) is 0 Å². The molecule has 114 valence electrons. The minimum Gasteiger partial charge on any atom is -0.308 e. The van der Waals surface area contributed by atoms with Gasteiger partial charge in [-0.2, -0.15) is 15.4 Å². The van der Waals surface area contributed by atoms with Crippen molar-refractivity contribution in [3.8, 4) is 0 Å². The van der Waals surface area contributed by atoms with Crippen LogP contribution in [0.4, 0.5) is 0 Å². The molecule has 0 saturated carbocycles. The first kappa shape index (κ1) is 15.7. The highest BCUT2D eigenvalue weighted by molar-refractivity contribution is 5.28. The Balaban J connectivity index is 2.09. The average molecular weight is 286 g/mol. The fraction of sp³-hybridized carbons (Fsp3) is 0.529. The largest absolute Gasteiger partial charge is 0.308 e. The first-order valence-electron chi connectivity index (χ1n) is 7.69. The van der Waals surface area contributed by atoms with E-state index in [-0.39, 0.29) is 11.5 Å². The molecule has 0 saturated heterocycles. The maximum Gasteiger partial charge on any atom is 0.0997 e. The molecule has 2 N–H and O–H groups in total. The maximum atomic E-state index is 4.22. The molecule has 0 spiro atoms. The molecule has 0 amide bonds. The summed E-state index contributed by atoms with van der Waals surface area (Å²) in [7, 11) is 0. The summed E-state index contributed by atoms with van der Waals surface area (Å²) in [4.78, 5) is 0. The molecule has 1 unspecified atom stereocenters. The molecule has 21 heavy (non-hydrogen) atoms. The van der Waals surface area contributed by atoms with E-state index in [0.717, 1.165) is 25.1 Å². The van der Waals surface area contributed by atoms with E-state index in [1.807, 2.05) is 0 Å². The van der Waals surface area contributed by atoms with Gasteiger partial charge in [-0.05, 0) is 35.9 Å². The van der Waals surface area contributed by atoms with Gasteiger partial charge in [0, 0.05) is 0 Å². The Hall–Kier alpha value is -1.68. The Morgan fingerprint density at radius 2 is 1.90 bits per heavy atom. The summed E-state index contributed by atoms with van der Waals surface area (Å²) in [6.07, 6.45) is 3.84. The van der Waals surface area contributed by atoms with Crippen molar-refractivity contribution in [3.63, 3.8) is 0 Å². The number of aromatic nitrogens is 3. The molecular weight excluding hydrogens is 260 g/mol. The van der Waals surface area contributed by atoms with Gasteiger partial charge in [-0.25, -0.2) is 0 Å². The van der Waals surface area contributed by atoms with E-state index in [1.54, 1.807) is 6.20 Å². The monoisotopic (exact) mass is 286 g/mol. The van der Waals surface area contributed by atoms with Gasteiger partial charge in [-0.1, -0.05) is 52.0 Å². The van der Waals surface area contributed by atoms with Crippen LogP contribution >= 0.6 is 0 Å². The van der Waals surface area contributed by atoms with Crippen LogP contribution in [0.2, 0.25) is 0 Å². The first-order valence-corrected chi connectivity index (χ1v) is 7.69. The molecule has 4 nitrogen and oxygen atoms in total. The van der Waals surface area contributed by atoms with Crippen LogP contribution in [0.1, 0.15) is 57.0 Å². The highest BCUT2D eigenvalue weighted by Crippen LogP contribution is 2.23. The molecule has 0 aliphatic rings. The van der Waals surface area contributed by atoms with Crippen molar-refractivity contribution in [2.24, 2.45) is 0 Å². The number of H-pyrrole nitrogens is 1. The van der Waals surface area contributed by atoms with Crippen molar-refractivity contribution in [1.82, 2.24) is 20.7 Å². The SMILES string of the molecule is CCCNC(Cc1ccc(C(C)(C)C)cc1)c1cn[nH]n1. The number of benzene rings is 1. The Bertz CT molecular complexity index is 523.